The lowest BCUT2D eigenvalue weighted by atomic mass is 9.64. The summed E-state index contributed by atoms with van der Waals surface area (Å²) in [6, 6.07) is 5.52. The van der Waals surface area contributed by atoms with Crippen molar-refractivity contribution < 1.29 is 9.13 Å². The molecule has 1 aromatic carbocycles. The summed E-state index contributed by atoms with van der Waals surface area (Å²) in [4.78, 5) is 0. The van der Waals surface area contributed by atoms with Gasteiger partial charge in [-0.1, -0.05) is 18.2 Å². The molecule has 0 aromatic heterocycles. The quantitative estimate of drug-likeness (QED) is 0.650. The Bertz CT molecular complexity index is 537. The Labute approximate surface area is 133 Å². The maximum absolute atomic E-state index is 13.9. The van der Waals surface area contributed by atoms with Crippen LogP contribution in [-0.4, -0.2) is 7.11 Å². The first-order valence-electron chi connectivity index (χ1n) is 8.67. The fraction of sp³-hybridized carbons (Fsp3) is 0.600. The fourth-order valence-electron chi connectivity index (χ4n) is 4.61. The second-order valence-electron chi connectivity index (χ2n) is 7.02. The van der Waals surface area contributed by atoms with E-state index < -0.39 is 0 Å². The molecule has 2 aliphatic rings. The van der Waals surface area contributed by atoms with Crippen LogP contribution in [0.3, 0.4) is 0 Å². The molecule has 120 valence electrons. The Kier molecular flexibility index (Phi) is 4.85. The molecule has 2 heteroatoms. The smallest absolute Gasteiger partial charge is 0.165 e. The van der Waals surface area contributed by atoms with Gasteiger partial charge in [0.1, 0.15) is 0 Å². The highest BCUT2D eigenvalue weighted by Gasteiger charge is 2.35. The van der Waals surface area contributed by atoms with Crippen LogP contribution in [0.15, 0.2) is 30.4 Å². The number of ether oxygens (including phenoxy) is 1. The van der Waals surface area contributed by atoms with Crippen LogP contribution in [0.5, 0.6) is 5.75 Å². The largest absolute Gasteiger partial charge is 0.494 e. The van der Waals surface area contributed by atoms with E-state index in [0.29, 0.717) is 11.7 Å². The molecule has 0 saturated heterocycles. The molecule has 2 aliphatic carbocycles. The minimum absolute atomic E-state index is 0.223. The van der Waals surface area contributed by atoms with Crippen molar-refractivity contribution in [3.05, 3.63) is 41.7 Å². The normalized spacial score (nSPS) is 32.0. The zero-order chi connectivity index (χ0) is 15.5. The van der Waals surface area contributed by atoms with Gasteiger partial charge in [0.05, 0.1) is 7.11 Å². The Hall–Kier alpha value is -1.31. The molecular formula is C20H27FO. The standard InChI is InChI=1S/C20H27FO/c1-3-4-14-5-6-16-12-17(8-7-15(16)11-14)18-9-10-20(22-2)19(21)13-18/h3-4,9-10,13-17H,5-8,11-12H2,1-2H3/b4-3+. The predicted molar refractivity (Wildman–Crippen MR) is 88.7 cm³/mol. The van der Waals surface area contributed by atoms with Crippen molar-refractivity contribution in [1.82, 2.24) is 0 Å². The zero-order valence-electron chi connectivity index (χ0n) is 13.7. The zero-order valence-corrected chi connectivity index (χ0v) is 13.7. The number of halogens is 1. The molecule has 0 amide bonds. The summed E-state index contributed by atoms with van der Waals surface area (Å²) in [6.45, 7) is 2.13. The summed E-state index contributed by atoms with van der Waals surface area (Å²) in [5.74, 6) is 3.17. The number of hydrogen-bond acceptors (Lipinski definition) is 1. The van der Waals surface area contributed by atoms with E-state index in [2.05, 4.69) is 25.1 Å². The molecule has 0 N–H and O–H groups in total. The average molecular weight is 302 g/mol. The summed E-state index contributed by atoms with van der Waals surface area (Å²) in [5.41, 5.74) is 1.16. The van der Waals surface area contributed by atoms with Gasteiger partial charge in [-0.3, -0.25) is 0 Å². The molecule has 0 bridgehead atoms. The molecule has 4 atom stereocenters. The maximum atomic E-state index is 13.9. The molecule has 1 aromatic rings. The van der Waals surface area contributed by atoms with Crippen LogP contribution in [0.25, 0.3) is 0 Å². The van der Waals surface area contributed by atoms with Crippen LogP contribution in [0.2, 0.25) is 0 Å². The highest BCUT2D eigenvalue weighted by molar-refractivity contribution is 5.31. The van der Waals surface area contributed by atoms with Crippen molar-refractivity contribution in [1.29, 1.82) is 0 Å². The second-order valence-corrected chi connectivity index (χ2v) is 7.02. The number of rotatable bonds is 3. The lowest BCUT2D eigenvalue weighted by Gasteiger charge is -2.41. The van der Waals surface area contributed by atoms with E-state index in [1.165, 1.54) is 45.6 Å². The van der Waals surface area contributed by atoms with Gasteiger partial charge in [0.25, 0.3) is 0 Å². The van der Waals surface area contributed by atoms with Crippen LogP contribution < -0.4 is 4.74 Å². The summed E-state index contributed by atoms with van der Waals surface area (Å²) < 4.78 is 19.0. The third-order valence-electron chi connectivity index (χ3n) is 5.77. The number of hydrogen-bond donors (Lipinski definition) is 0. The van der Waals surface area contributed by atoms with Gasteiger partial charge >= 0.3 is 0 Å². The Morgan fingerprint density at radius 2 is 1.86 bits per heavy atom. The van der Waals surface area contributed by atoms with Crippen molar-refractivity contribution in [2.45, 2.75) is 51.4 Å². The molecule has 2 fully saturated rings. The van der Waals surface area contributed by atoms with E-state index >= 15 is 0 Å². The number of benzene rings is 1. The van der Waals surface area contributed by atoms with E-state index in [9.17, 15) is 4.39 Å². The predicted octanol–water partition coefficient (Wildman–Crippen LogP) is 5.71. The maximum Gasteiger partial charge on any atom is 0.165 e. The Balaban J connectivity index is 1.66. The van der Waals surface area contributed by atoms with Gasteiger partial charge in [0.2, 0.25) is 0 Å². The highest BCUT2D eigenvalue weighted by atomic mass is 19.1. The van der Waals surface area contributed by atoms with Crippen LogP contribution in [0, 0.1) is 23.6 Å². The van der Waals surface area contributed by atoms with E-state index in [4.69, 9.17) is 4.74 Å². The van der Waals surface area contributed by atoms with Gasteiger partial charge in [0.15, 0.2) is 11.6 Å². The molecule has 0 aliphatic heterocycles. The second kappa shape index (κ2) is 6.85. The van der Waals surface area contributed by atoms with Crippen molar-refractivity contribution in [2.75, 3.05) is 7.11 Å². The summed E-state index contributed by atoms with van der Waals surface area (Å²) in [7, 11) is 1.52. The van der Waals surface area contributed by atoms with Gasteiger partial charge in [-0.25, -0.2) is 4.39 Å². The van der Waals surface area contributed by atoms with Crippen LogP contribution in [-0.2, 0) is 0 Å². The van der Waals surface area contributed by atoms with Crippen molar-refractivity contribution >= 4 is 0 Å². The summed E-state index contributed by atoms with van der Waals surface area (Å²) >= 11 is 0. The molecule has 2 saturated carbocycles. The van der Waals surface area contributed by atoms with Gasteiger partial charge in [-0.2, -0.15) is 0 Å². The van der Waals surface area contributed by atoms with Crippen LogP contribution in [0.4, 0.5) is 4.39 Å². The lowest BCUT2D eigenvalue weighted by molar-refractivity contribution is 0.133. The molecule has 3 rings (SSSR count). The fourth-order valence-corrected chi connectivity index (χ4v) is 4.61. The monoisotopic (exact) mass is 302 g/mol. The van der Waals surface area contributed by atoms with E-state index in [0.717, 1.165) is 23.3 Å². The lowest BCUT2D eigenvalue weighted by Crippen LogP contribution is -2.30. The number of fused-ring (bicyclic) bond motifs is 1. The van der Waals surface area contributed by atoms with Crippen molar-refractivity contribution in [3.8, 4) is 5.75 Å². The van der Waals surface area contributed by atoms with Gasteiger partial charge in [0, 0.05) is 0 Å². The molecule has 0 radical (unpaired) electrons. The van der Waals surface area contributed by atoms with Crippen LogP contribution >= 0.6 is 0 Å². The third kappa shape index (κ3) is 3.21. The van der Waals surface area contributed by atoms with Gasteiger partial charge < -0.3 is 4.74 Å². The first kappa shape index (κ1) is 15.6. The Morgan fingerprint density at radius 3 is 2.59 bits per heavy atom. The number of methoxy groups -OCH3 is 1. The summed E-state index contributed by atoms with van der Waals surface area (Å²) in [6.07, 6.45) is 12.4. The molecule has 4 unspecified atom stereocenters. The SMILES string of the molecule is C/C=C/C1CCC2CC(c3ccc(OC)c(F)c3)CCC2C1. The minimum atomic E-state index is -0.223. The first-order valence-corrected chi connectivity index (χ1v) is 8.67. The average Bonchev–Trinajstić information content (AvgIpc) is 2.54. The van der Waals surface area contributed by atoms with Crippen LogP contribution in [0.1, 0.15) is 56.9 Å². The first-order chi connectivity index (χ1) is 10.7. The number of allylic oxidation sites excluding steroid dienone is 2. The molecule has 22 heavy (non-hydrogen) atoms. The van der Waals surface area contributed by atoms with E-state index in [-0.39, 0.29) is 5.82 Å². The summed E-state index contributed by atoms with van der Waals surface area (Å²) in [5, 5.41) is 0. The highest BCUT2D eigenvalue weighted by Crippen LogP contribution is 2.48. The minimum Gasteiger partial charge on any atom is -0.494 e. The Morgan fingerprint density at radius 1 is 1.09 bits per heavy atom. The molecule has 1 nitrogen and oxygen atoms in total. The van der Waals surface area contributed by atoms with Crippen molar-refractivity contribution in [3.63, 3.8) is 0 Å². The topological polar surface area (TPSA) is 9.23 Å². The van der Waals surface area contributed by atoms with E-state index in [1.54, 1.807) is 12.1 Å². The molecule has 0 heterocycles. The molecule has 0 spiro atoms. The van der Waals surface area contributed by atoms with Gasteiger partial charge in [-0.05, 0) is 86.8 Å². The van der Waals surface area contributed by atoms with Gasteiger partial charge in [-0.15, -0.1) is 0 Å². The molecular weight excluding hydrogens is 275 g/mol. The van der Waals surface area contributed by atoms with Crippen molar-refractivity contribution in [2.24, 2.45) is 17.8 Å². The van der Waals surface area contributed by atoms with E-state index in [1.807, 2.05) is 0 Å². The third-order valence-corrected chi connectivity index (χ3v) is 5.77.